The van der Waals surface area contributed by atoms with Gasteiger partial charge in [0, 0.05) is 8.95 Å². The Morgan fingerprint density at radius 2 is 2.00 bits per heavy atom. The van der Waals surface area contributed by atoms with Crippen LogP contribution in [0.15, 0.2) is 21.1 Å². The van der Waals surface area contributed by atoms with Gasteiger partial charge in [-0.3, -0.25) is 4.79 Å². The number of ketones is 1. The molecule has 2 nitrogen and oxygen atoms in total. The van der Waals surface area contributed by atoms with Crippen molar-refractivity contribution >= 4 is 37.6 Å². The van der Waals surface area contributed by atoms with Crippen molar-refractivity contribution in [3.63, 3.8) is 0 Å². The smallest absolute Gasteiger partial charge is 0.164 e. The van der Waals surface area contributed by atoms with Gasteiger partial charge in [-0.15, -0.1) is 0 Å². The molecule has 0 aromatic heterocycles. The number of carbonyl (C=O) groups is 1. The first-order valence-electron chi connectivity index (χ1n) is 3.61. The van der Waals surface area contributed by atoms with Gasteiger partial charge in [-0.1, -0.05) is 0 Å². The summed E-state index contributed by atoms with van der Waals surface area (Å²) >= 11 is 6.65. The first-order chi connectivity index (χ1) is 6.07. The summed E-state index contributed by atoms with van der Waals surface area (Å²) in [5.41, 5.74) is 0.567. The second-order valence-corrected chi connectivity index (χ2v) is 4.14. The number of carbonyl (C=O) groups excluding carboxylic acids is 1. The summed E-state index contributed by atoms with van der Waals surface area (Å²) in [5.74, 6) is 0.563. The Kier molecular flexibility index (Phi) is 3.50. The minimum atomic E-state index is -0.0231. The highest BCUT2D eigenvalue weighted by molar-refractivity contribution is 9.13. The Balaban J connectivity index is 3.41. The summed E-state index contributed by atoms with van der Waals surface area (Å²) in [6.07, 6.45) is 0. The van der Waals surface area contributed by atoms with Crippen LogP contribution in [0.4, 0.5) is 0 Å². The Labute approximate surface area is 93.5 Å². The van der Waals surface area contributed by atoms with Crippen LogP contribution >= 0.6 is 31.9 Å². The molecule has 0 bridgehead atoms. The van der Waals surface area contributed by atoms with Gasteiger partial charge in [-0.05, 0) is 50.9 Å². The normalized spacial score (nSPS) is 9.85. The van der Waals surface area contributed by atoms with Crippen molar-refractivity contribution in [3.8, 4) is 5.75 Å². The fraction of sp³-hybridized carbons (Fsp3) is 0.222. The molecule has 0 radical (unpaired) electrons. The van der Waals surface area contributed by atoms with Crippen LogP contribution in [0.25, 0.3) is 0 Å². The van der Waals surface area contributed by atoms with E-state index in [2.05, 4.69) is 31.9 Å². The average Bonchev–Trinajstić information content (AvgIpc) is 2.08. The van der Waals surface area contributed by atoms with E-state index in [-0.39, 0.29) is 5.78 Å². The van der Waals surface area contributed by atoms with E-state index >= 15 is 0 Å². The Morgan fingerprint density at radius 1 is 1.38 bits per heavy atom. The lowest BCUT2D eigenvalue weighted by Gasteiger charge is -2.08. The Bertz CT molecular complexity index is 348. The van der Waals surface area contributed by atoms with Crippen molar-refractivity contribution < 1.29 is 9.53 Å². The summed E-state index contributed by atoms with van der Waals surface area (Å²) in [7, 11) is 1.54. The molecule has 0 unspecified atom stereocenters. The van der Waals surface area contributed by atoms with E-state index in [1.54, 1.807) is 13.2 Å². The predicted octanol–water partition coefficient (Wildman–Crippen LogP) is 3.42. The van der Waals surface area contributed by atoms with Crippen LogP contribution < -0.4 is 4.74 Å². The van der Waals surface area contributed by atoms with E-state index in [1.165, 1.54) is 6.92 Å². The topological polar surface area (TPSA) is 26.3 Å². The molecule has 13 heavy (non-hydrogen) atoms. The molecule has 4 heteroatoms. The molecule has 0 spiro atoms. The predicted molar refractivity (Wildman–Crippen MR) is 58.4 cm³/mol. The summed E-state index contributed by atoms with van der Waals surface area (Å²) in [4.78, 5) is 11.3. The van der Waals surface area contributed by atoms with E-state index in [0.717, 1.165) is 8.95 Å². The van der Waals surface area contributed by atoms with Gasteiger partial charge >= 0.3 is 0 Å². The van der Waals surface area contributed by atoms with Crippen LogP contribution in [0.1, 0.15) is 17.3 Å². The SMILES string of the molecule is COc1ccc(Br)c(Br)c1C(C)=O. The molecule has 0 atom stereocenters. The van der Waals surface area contributed by atoms with Crippen molar-refractivity contribution in [3.05, 3.63) is 26.6 Å². The summed E-state index contributed by atoms with van der Waals surface area (Å²) < 4.78 is 6.65. The van der Waals surface area contributed by atoms with Crippen LogP contribution in [-0.4, -0.2) is 12.9 Å². The number of hydrogen-bond donors (Lipinski definition) is 0. The van der Waals surface area contributed by atoms with Gasteiger partial charge in [0.15, 0.2) is 5.78 Å². The van der Waals surface area contributed by atoms with Crippen LogP contribution in [-0.2, 0) is 0 Å². The summed E-state index contributed by atoms with van der Waals surface area (Å²) in [5, 5.41) is 0. The van der Waals surface area contributed by atoms with Gasteiger partial charge < -0.3 is 4.74 Å². The zero-order valence-electron chi connectivity index (χ0n) is 7.23. The number of ether oxygens (including phenoxy) is 1. The lowest BCUT2D eigenvalue weighted by atomic mass is 10.1. The van der Waals surface area contributed by atoms with Crippen molar-refractivity contribution in [2.45, 2.75) is 6.92 Å². The second kappa shape index (κ2) is 4.24. The third kappa shape index (κ3) is 2.11. The minimum Gasteiger partial charge on any atom is -0.496 e. The fourth-order valence-electron chi connectivity index (χ4n) is 1.03. The Hall–Kier alpha value is -0.350. The van der Waals surface area contributed by atoms with Gasteiger partial charge in [-0.25, -0.2) is 0 Å². The second-order valence-electron chi connectivity index (χ2n) is 2.49. The molecule has 0 aliphatic carbocycles. The van der Waals surface area contributed by atoms with Gasteiger partial charge in [0.1, 0.15) is 5.75 Å². The molecule has 1 rings (SSSR count). The van der Waals surface area contributed by atoms with Crippen molar-refractivity contribution in [2.24, 2.45) is 0 Å². The third-order valence-electron chi connectivity index (χ3n) is 1.63. The maximum Gasteiger partial charge on any atom is 0.164 e. The summed E-state index contributed by atoms with van der Waals surface area (Å²) in [6.45, 7) is 1.51. The van der Waals surface area contributed by atoms with E-state index in [1.807, 2.05) is 6.07 Å². The molecule has 70 valence electrons. The fourth-order valence-corrected chi connectivity index (χ4v) is 1.97. The number of hydrogen-bond acceptors (Lipinski definition) is 2. The molecule has 1 aromatic carbocycles. The largest absolute Gasteiger partial charge is 0.496 e. The molecular formula is C9H8Br2O2. The molecule has 0 amide bonds. The molecular weight excluding hydrogens is 300 g/mol. The minimum absolute atomic E-state index is 0.0231. The quantitative estimate of drug-likeness (QED) is 0.783. The standard InChI is InChI=1S/C9H8Br2O2/c1-5(12)8-7(13-2)4-3-6(10)9(8)11/h3-4H,1-2H3. The van der Waals surface area contributed by atoms with Gasteiger partial charge in [0.05, 0.1) is 12.7 Å². The highest BCUT2D eigenvalue weighted by Gasteiger charge is 2.14. The van der Waals surface area contributed by atoms with Gasteiger partial charge in [-0.2, -0.15) is 0 Å². The summed E-state index contributed by atoms with van der Waals surface area (Å²) in [6, 6.07) is 3.58. The molecule has 0 N–H and O–H groups in total. The number of methoxy groups -OCH3 is 1. The number of benzene rings is 1. The highest BCUT2D eigenvalue weighted by Crippen LogP contribution is 2.33. The van der Waals surface area contributed by atoms with Crippen LogP contribution in [0, 0.1) is 0 Å². The zero-order valence-corrected chi connectivity index (χ0v) is 10.4. The molecule has 0 saturated carbocycles. The third-order valence-corrected chi connectivity index (χ3v) is 3.65. The highest BCUT2D eigenvalue weighted by atomic mass is 79.9. The van der Waals surface area contributed by atoms with Gasteiger partial charge in [0.2, 0.25) is 0 Å². The van der Waals surface area contributed by atoms with Crippen LogP contribution in [0.5, 0.6) is 5.75 Å². The first-order valence-corrected chi connectivity index (χ1v) is 5.19. The number of rotatable bonds is 2. The molecule has 0 fully saturated rings. The maximum absolute atomic E-state index is 11.3. The monoisotopic (exact) mass is 306 g/mol. The lowest BCUT2D eigenvalue weighted by Crippen LogP contribution is -1.99. The Morgan fingerprint density at radius 3 is 2.46 bits per heavy atom. The maximum atomic E-state index is 11.3. The molecule has 0 saturated heterocycles. The molecule has 0 heterocycles. The van der Waals surface area contributed by atoms with E-state index in [4.69, 9.17) is 4.74 Å². The number of Topliss-reactive ketones (excluding diaryl/α,β-unsaturated/α-hetero) is 1. The van der Waals surface area contributed by atoms with E-state index < -0.39 is 0 Å². The van der Waals surface area contributed by atoms with Crippen molar-refractivity contribution in [1.29, 1.82) is 0 Å². The van der Waals surface area contributed by atoms with E-state index in [0.29, 0.717) is 11.3 Å². The van der Waals surface area contributed by atoms with Gasteiger partial charge in [0.25, 0.3) is 0 Å². The number of halogens is 2. The van der Waals surface area contributed by atoms with E-state index in [9.17, 15) is 4.79 Å². The zero-order chi connectivity index (χ0) is 10.0. The van der Waals surface area contributed by atoms with Crippen LogP contribution in [0.2, 0.25) is 0 Å². The molecule has 0 aliphatic heterocycles. The van der Waals surface area contributed by atoms with Crippen molar-refractivity contribution in [2.75, 3.05) is 7.11 Å². The van der Waals surface area contributed by atoms with Crippen molar-refractivity contribution in [1.82, 2.24) is 0 Å². The first kappa shape index (κ1) is 10.7. The average molecular weight is 308 g/mol. The van der Waals surface area contributed by atoms with Crippen LogP contribution in [0.3, 0.4) is 0 Å². The lowest BCUT2D eigenvalue weighted by molar-refractivity contribution is 0.101. The molecule has 0 aliphatic rings. The molecule has 1 aromatic rings.